The number of H-pyrrole nitrogens is 1. The zero-order chi connectivity index (χ0) is 17.1. The lowest BCUT2D eigenvalue weighted by molar-refractivity contribution is 0.0526. The highest BCUT2D eigenvalue weighted by Gasteiger charge is 2.23. The minimum Gasteiger partial charge on any atom is -0.462 e. The Labute approximate surface area is 145 Å². The predicted octanol–water partition coefficient (Wildman–Crippen LogP) is 3.52. The van der Waals surface area contributed by atoms with Crippen molar-refractivity contribution in [3.8, 4) is 11.3 Å². The Bertz CT molecular complexity index is 717. The molecule has 2 aromatic rings. The molecular weight excluding hydrogens is 326 g/mol. The Morgan fingerprint density at radius 1 is 1.50 bits per heavy atom. The molecule has 6 nitrogen and oxygen atoms in total. The van der Waals surface area contributed by atoms with E-state index in [9.17, 15) is 4.79 Å². The molecule has 0 amide bonds. The number of aromatic nitrogens is 2. The van der Waals surface area contributed by atoms with Crippen molar-refractivity contribution >= 4 is 22.4 Å². The first-order valence-electron chi connectivity index (χ1n) is 8.27. The molecule has 7 heteroatoms. The van der Waals surface area contributed by atoms with Crippen LogP contribution in [-0.2, 0) is 9.47 Å². The first kappa shape index (κ1) is 17.0. The Hall–Kier alpha value is -1.86. The monoisotopic (exact) mass is 349 g/mol. The molecule has 1 saturated heterocycles. The highest BCUT2D eigenvalue weighted by atomic mass is 32.1. The van der Waals surface area contributed by atoms with Gasteiger partial charge in [0.05, 0.1) is 24.0 Å². The SMILES string of the molecule is CCOC(=O)c1c(C)[nH]c(C)c1-c1csc(NC[C@@H]2CCCO2)n1. The fourth-order valence-corrected chi connectivity index (χ4v) is 3.75. The summed E-state index contributed by atoms with van der Waals surface area (Å²) >= 11 is 1.54. The van der Waals surface area contributed by atoms with Gasteiger partial charge in [-0.25, -0.2) is 9.78 Å². The van der Waals surface area contributed by atoms with E-state index in [-0.39, 0.29) is 12.1 Å². The third-order valence-electron chi connectivity index (χ3n) is 4.12. The zero-order valence-electron chi connectivity index (χ0n) is 14.3. The van der Waals surface area contributed by atoms with Crippen molar-refractivity contribution < 1.29 is 14.3 Å². The molecule has 3 rings (SSSR count). The van der Waals surface area contributed by atoms with Gasteiger partial charge in [-0.1, -0.05) is 0 Å². The molecule has 1 aliphatic heterocycles. The second-order valence-corrected chi connectivity index (χ2v) is 6.76. The molecular formula is C17H23N3O3S. The van der Waals surface area contributed by atoms with Gasteiger partial charge in [-0.15, -0.1) is 11.3 Å². The van der Waals surface area contributed by atoms with E-state index in [1.54, 1.807) is 0 Å². The maximum absolute atomic E-state index is 12.3. The Morgan fingerprint density at radius 3 is 3.04 bits per heavy atom. The number of ether oxygens (including phenoxy) is 2. The normalized spacial score (nSPS) is 17.2. The van der Waals surface area contributed by atoms with Crippen LogP contribution in [0.4, 0.5) is 5.13 Å². The minimum atomic E-state index is -0.309. The lowest BCUT2D eigenvalue weighted by atomic mass is 10.1. The summed E-state index contributed by atoms with van der Waals surface area (Å²) in [6, 6.07) is 0. The smallest absolute Gasteiger partial charge is 0.340 e. The summed E-state index contributed by atoms with van der Waals surface area (Å²) in [4.78, 5) is 20.1. The first-order chi connectivity index (χ1) is 11.6. The molecule has 1 atom stereocenters. The van der Waals surface area contributed by atoms with E-state index < -0.39 is 0 Å². The molecule has 24 heavy (non-hydrogen) atoms. The summed E-state index contributed by atoms with van der Waals surface area (Å²) in [5.41, 5.74) is 3.92. The molecule has 2 aromatic heterocycles. The molecule has 0 bridgehead atoms. The Kier molecular flexibility index (Phi) is 5.20. The summed E-state index contributed by atoms with van der Waals surface area (Å²) < 4.78 is 10.8. The number of hydrogen-bond acceptors (Lipinski definition) is 6. The Balaban J connectivity index is 1.80. The molecule has 2 N–H and O–H groups in total. The Morgan fingerprint density at radius 2 is 2.33 bits per heavy atom. The van der Waals surface area contributed by atoms with Gasteiger partial charge in [0.25, 0.3) is 0 Å². The van der Waals surface area contributed by atoms with Gasteiger partial charge in [0, 0.05) is 35.5 Å². The van der Waals surface area contributed by atoms with E-state index in [1.807, 2.05) is 26.2 Å². The van der Waals surface area contributed by atoms with Crippen LogP contribution in [0.1, 0.15) is 41.5 Å². The zero-order valence-corrected chi connectivity index (χ0v) is 15.1. The number of hydrogen-bond donors (Lipinski definition) is 2. The van der Waals surface area contributed by atoms with Crippen molar-refractivity contribution in [2.45, 2.75) is 39.7 Å². The first-order valence-corrected chi connectivity index (χ1v) is 9.15. The van der Waals surface area contributed by atoms with E-state index in [0.717, 1.165) is 53.8 Å². The highest BCUT2D eigenvalue weighted by molar-refractivity contribution is 7.14. The number of rotatable bonds is 6. The fourth-order valence-electron chi connectivity index (χ4n) is 3.04. The van der Waals surface area contributed by atoms with Crippen LogP contribution in [0.5, 0.6) is 0 Å². The maximum Gasteiger partial charge on any atom is 0.340 e. The third kappa shape index (κ3) is 3.47. The molecule has 0 radical (unpaired) electrons. The van der Waals surface area contributed by atoms with Gasteiger partial charge >= 0.3 is 5.97 Å². The van der Waals surface area contributed by atoms with E-state index in [1.165, 1.54) is 11.3 Å². The summed E-state index contributed by atoms with van der Waals surface area (Å²) in [5.74, 6) is -0.309. The lowest BCUT2D eigenvalue weighted by Gasteiger charge is -2.09. The van der Waals surface area contributed by atoms with Gasteiger partial charge < -0.3 is 19.8 Å². The van der Waals surface area contributed by atoms with Crippen LogP contribution in [0.3, 0.4) is 0 Å². The number of esters is 1. The molecule has 0 aromatic carbocycles. The number of nitrogens with one attached hydrogen (secondary N) is 2. The van der Waals surface area contributed by atoms with E-state index in [0.29, 0.717) is 12.2 Å². The van der Waals surface area contributed by atoms with Crippen molar-refractivity contribution in [3.05, 3.63) is 22.3 Å². The number of aromatic amines is 1. The average molecular weight is 349 g/mol. The summed E-state index contributed by atoms with van der Waals surface area (Å²) in [6.45, 7) is 7.61. The average Bonchev–Trinajstić information content (AvgIpc) is 3.25. The van der Waals surface area contributed by atoms with Gasteiger partial charge in [-0.3, -0.25) is 0 Å². The number of anilines is 1. The van der Waals surface area contributed by atoms with Crippen LogP contribution in [0.25, 0.3) is 11.3 Å². The number of nitrogens with zero attached hydrogens (tertiary/aromatic N) is 1. The number of carbonyl (C=O) groups is 1. The van der Waals surface area contributed by atoms with Gasteiger partial charge in [0.15, 0.2) is 5.13 Å². The standard InChI is InChI=1S/C17H23N3O3S/c1-4-22-16(21)15-11(3)19-10(2)14(15)13-9-24-17(20-13)18-8-12-6-5-7-23-12/h9,12,19H,4-8H2,1-3H3,(H,18,20)/t12-/m0/s1. The molecule has 1 aliphatic rings. The van der Waals surface area contributed by atoms with Crippen molar-refractivity contribution in [2.24, 2.45) is 0 Å². The van der Waals surface area contributed by atoms with E-state index >= 15 is 0 Å². The molecule has 0 saturated carbocycles. The van der Waals surface area contributed by atoms with Gasteiger partial charge in [-0.05, 0) is 33.6 Å². The van der Waals surface area contributed by atoms with Crippen LogP contribution < -0.4 is 5.32 Å². The molecule has 1 fully saturated rings. The van der Waals surface area contributed by atoms with E-state index in [4.69, 9.17) is 9.47 Å². The van der Waals surface area contributed by atoms with Crippen LogP contribution in [0, 0.1) is 13.8 Å². The van der Waals surface area contributed by atoms with Crippen LogP contribution in [0.2, 0.25) is 0 Å². The van der Waals surface area contributed by atoms with Crippen LogP contribution in [0.15, 0.2) is 5.38 Å². The maximum atomic E-state index is 12.3. The summed E-state index contributed by atoms with van der Waals surface area (Å²) in [5, 5.41) is 6.14. The van der Waals surface area contributed by atoms with Crippen molar-refractivity contribution in [1.29, 1.82) is 0 Å². The van der Waals surface area contributed by atoms with Crippen molar-refractivity contribution in [1.82, 2.24) is 9.97 Å². The quantitative estimate of drug-likeness (QED) is 0.780. The van der Waals surface area contributed by atoms with Crippen molar-refractivity contribution in [3.63, 3.8) is 0 Å². The van der Waals surface area contributed by atoms with Gasteiger partial charge in [0.2, 0.25) is 0 Å². The summed E-state index contributed by atoms with van der Waals surface area (Å²) in [6.07, 6.45) is 2.48. The van der Waals surface area contributed by atoms with Crippen molar-refractivity contribution in [2.75, 3.05) is 25.1 Å². The number of aryl methyl sites for hydroxylation is 2. The second-order valence-electron chi connectivity index (χ2n) is 5.90. The van der Waals surface area contributed by atoms with Gasteiger partial charge in [0.1, 0.15) is 0 Å². The number of carbonyl (C=O) groups excluding carboxylic acids is 1. The molecule has 130 valence electrons. The molecule has 0 unspecified atom stereocenters. The fraction of sp³-hybridized carbons (Fsp3) is 0.529. The predicted molar refractivity (Wildman–Crippen MR) is 94.8 cm³/mol. The lowest BCUT2D eigenvalue weighted by Crippen LogP contribution is -2.18. The topological polar surface area (TPSA) is 76.2 Å². The largest absolute Gasteiger partial charge is 0.462 e. The number of thiazole rings is 1. The minimum absolute atomic E-state index is 0.267. The highest BCUT2D eigenvalue weighted by Crippen LogP contribution is 2.33. The van der Waals surface area contributed by atoms with Gasteiger partial charge in [-0.2, -0.15) is 0 Å². The molecule has 0 aliphatic carbocycles. The van der Waals surface area contributed by atoms with Crippen LogP contribution >= 0.6 is 11.3 Å². The molecule has 0 spiro atoms. The second kappa shape index (κ2) is 7.36. The summed E-state index contributed by atoms with van der Waals surface area (Å²) in [7, 11) is 0. The van der Waals surface area contributed by atoms with Crippen LogP contribution in [-0.4, -0.2) is 41.8 Å². The van der Waals surface area contributed by atoms with E-state index in [2.05, 4.69) is 15.3 Å². The third-order valence-corrected chi connectivity index (χ3v) is 4.92. The molecule has 3 heterocycles.